The highest BCUT2D eigenvalue weighted by molar-refractivity contribution is 5.97. The Bertz CT molecular complexity index is 721. The average molecular weight is 445 g/mol. The number of aliphatic carboxylic acids is 2. The first kappa shape index (κ1) is 25.8. The molecule has 5 atom stereocenters. The SMILES string of the molecule is CC(O)C(NC(=O)C(CC(=O)O)NC(=O)C(CC(N)=O)NC(=O)C1CCCN1)C(=O)O. The van der Waals surface area contributed by atoms with E-state index in [-0.39, 0.29) is 0 Å². The summed E-state index contributed by atoms with van der Waals surface area (Å²) in [6, 6.07) is -5.56. The number of carboxylic acid groups (broad SMARTS) is 2. The number of rotatable bonds is 12. The van der Waals surface area contributed by atoms with Gasteiger partial charge >= 0.3 is 11.9 Å². The van der Waals surface area contributed by atoms with Crippen LogP contribution in [0.25, 0.3) is 0 Å². The minimum Gasteiger partial charge on any atom is -0.481 e. The van der Waals surface area contributed by atoms with Crippen LogP contribution in [0.4, 0.5) is 0 Å². The third-order valence-corrected chi connectivity index (χ3v) is 4.47. The number of nitrogens with one attached hydrogen (secondary N) is 4. The molecule has 14 heteroatoms. The van der Waals surface area contributed by atoms with E-state index in [1.165, 1.54) is 0 Å². The van der Waals surface area contributed by atoms with Gasteiger partial charge in [0.15, 0.2) is 6.04 Å². The molecule has 5 unspecified atom stereocenters. The maximum absolute atomic E-state index is 12.6. The lowest BCUT2D eigenvalue weighted by atomic mass is 10.1. The number of carboxylic acids is 2. The lowest BCUT2D eigenvalue weighted by Crippen LogP contribution is -2.59. The second kappa shape index (κ2) is 11.8. The molecule has 174 valence electrons. The van der Waals surface area contributed by atoms with Crippen molar-refractivity contribution in [2.45, 2.75) is 62.9 Å². The molecule has 1 aliphatic heterocycles. The summed E-state index contributed by atoms with van der Waals surface area (Å²) in [5.41, 5.74) is 5.11. The first-order chi connectivity index (χ1) is 14.4. The van der Waals surface area contributed by atoms with Gasteiger partial charge in [0, 0.05) is 0 Å². The molecule has 0 aromatic heterocycles. The summed E-state index contributed by atoms with van der Waals surface area (Å²) in [5.74, 6) is -6.82. The lowest BCUT2D eigenvalue weighted by molar-refractivity contribution is -0.146. The second-order valence-corrected chi connectivity index (χ2v) is 7.10. The molecule has 1 heterocycles. The van der Waals surface area contributed by atoms with Gasteiger partial charge in [-0.15, -0.1) is 0 Å². The standard InChI is InChI=1S/C17H27N5O9/c1-7(23)13(17(30)31)22-16(29)10(6-12(25)26)21-15(28)9(5-11(18)24)20-14(27)8-3-2-4-19-8/h7-10,13,19,23H,2-6H2,1H3,(H2,18,24)(H,20,27)(H,21,28)(H,22,29)(H,25,26)(H,30,31). The first-order valence-electron chi connectivity index (χ1n) is 9.47. The fraction of sp³-hybridized carbons (Fsp3) is 0.647. The van der Waals surface area contributed by atoms with E-state index in [0.717, 1.165) is 13.3 Å². The predicted molar refractivity (Wildman–Crippen MR) is 102 cm³/mol. The van der Waals surface area contributed by atoms with E-state index in [4.69, 9.17) is 15.9 Å². The van der Waals surface area contributed by atoms with Gasteiger partial charge in [0.2, 0.25) is 23.6 Å². The van der Waals surface area contributed by atoms with Crippen LogP contribution in [-0.4, -0.2) is 87.7 Å². The van der Waals surface area contributed by atoms with E-state index in [2.05, 4.69) is 16.0 Å². The maximum atomic E-state index is 12.6. The zero-order valence-electron chi connectivity index (χ0n) is 16.8. The van der Waals surface area contributed by atoms with E-state index < -0.39 is 78.7 Å². The number of aliphatic hydroxyl groups excluding tert-OH is 1. The zero-order chi connectivity index (χ0) is 23.7. The largest absolute Gasteiger partial charge is 0.481 e. The average Bonchev–Trinajstić information content (AvgIpc) is 3.18. The highest BCUT2D eigenvalue weighted by Crippen LogP contribution is 2.06. The monoisotopic (exact) mass is 445 g/mol. The Morgan fingerprint density at radius 3 is 2.03 bits per heavy atom. The molecule has 0 saturated carbocycles. The molecule has 1 fully saturated rings. The van der Waals surface area contributed by atoms with E-state index in [1.54, 1.807) is 0 Å². The van der Waals surface area contributed by atoms with Crippen LogP contribution in [0.3, 0.4) is 0 Å². The predicted octanol–water partition coefficient (Wildman–Crippen LogP) is -3.99. The molecule has 0 bridgehead atoms. The molecule has 14 nitrogen and oxygen atoms in total. The van der Waals surface area contributed by atoms with Crippen LogP contribution < -0.4 is 27.0 Å². The highest BCUT2D eigenvalue weighted by Gasteiger charge is 2.34. The van der Waals surface area contributed by atoms with Crippen molar-refractivity contribution in [3.05, 3.63) is 0 Å². The van der Waals surface area contributed by atoms with Crippen molar-refractivity contribution in [1.29, 1.82) is 0 Å². The molecule has 4 amide bonds. The second-order valence-electron chi connectivity index (χ2n) is 7.10. The van der Waals surface area contributed by atoms with Gasteiger partial charge in [0.05, 0.1) is 25.0 Å². The number of carbonyl (C=O) groups excluding carboxylic acids is 4. The Morgan fingerprint density at radius 1 is 1.00 bits per heavy atom. The third-order valence-electron chi connectivity index (χ3n) is 4.47. The van der Waals surface area contributed by atoms with Crippen molar-refractivity contribution in [2.24, 2.45) is 5.73 Å². The van der Waals surface area contributed by atoms with Gasteiger partial charge in [-0.2, -0.15) is 0 Å². The fourth-order valence-electron chi connectivity index (χ4n) is 2.89. The van der Waals surface area contributed by atoms with Gasteiger partial charge in [-0.05, 0) is 26.3 Å². The Labute approximate surface area is 176 Å². The molecule has 0 aliphatic carbocycles. The van der Waals surface area contributed by atoms with E-state index in [9.17, 15) is 33.9 Å². The van der Waals surface area contributed by atoms with Crippen LogP contribution in [0.15, 0.2) is 0 Å². The van der Waals surface area contributed by atoms with Gasteiger partial charge < -0.3 is 42.3 Å². The third kappa shape index (κ3) is 8.55. The van der Waals surface area contributed by atoms with Crippen LogP contribution in [0.5, 0.6) is 0 Å². The molecule has 1 aliphatic rings. The molecule has 1 rings (SSSR count). The Hall–Kier alpha value is -3.26. The van der Waals surface area contributed by atoms with Crippen LogP contribution >= 0.6 is 0 Å². The van der Waals surface area contributed by atoms with Crippen molar-refractivity contribution in [1.82, 2.24) is 21.3 Å². The molecule has 0 aromatic carbocycles. The highest BCUT2D eigenvalue weighted by atomic mass is 16.4. The van der Waals surface area contributed by atoms with E-state index >= 15 is 0 Å². The molecule has 0 spiro atoms. The van der Waals surface area contributed by atoms with Crippen molar-refractivity contribution >= 4 is 35.6 Å². The topological polar surface area (TPSA) is 237 Å². The van der Waals surface area contributed by atoms with Crippen LogP contribution in [0, 0.1) is 0 Å². The van der Waals surface area contributed by atoms with Gasteiger partial charge in [0.25, 0.3) is 0 Å². The lowest BCUT2D eigenvalue weighted by Gasteiger charge is -2.24. The van der Waals surface area contributed by atoms with Crippen molar-refractivity contribution in [3.63, 3.8) is 0 Å². The summed E-state index contributed by atoms with van der Waals surface area (Å²) in [4.78, 5) is 70.8. The van der Waals surface area contributed by atoms with Gasteiger partial charge in [-0.1, -0.05) is 0 Å². The molecular weight excluding hydrogens is 418 g/mol. The number of carbonyl (C=O) groups is 6. The summed E-state index contributed by atoms with van der Waals surface area (Å²) in [6.45, 7) is 1.69. The molecule has 1 saturated heterocycles. The number of primary amides is 1. The number of amides is 4. The van der Waals surface area contributed by atoms with E-state index in [0.29, 0.717) is 13.0 Å². The minimum atomic E-state index is -1.75. The summed E-state index contributed by atoms with van der Waals surface area (Å²) >= 11 is 0. The van der Waals surface area contributed by atoms with Crippen LogP contribution in [0.1, 0.15) is 32.6 Å². The van der Waals surface area contributed by atoms with Crippen LogP contribution in [0.2, 0.25) is 0 Å². The number of aliphatic hydroxyl groups is 1. The van der Waals surface area contributed by atoms with Gasteiger partial charge in [0.1, 0.15) is 12.1 Å². The fourth-order valence-corrected chi connectivity index (χ4v) is 2.89. The molecule has 0 aromatic rings. The number of hydrogen-bond donors (Lipinski definition) is 8. The van der Waals surface area contributed by atoms with Crippen LogP contribution in [-0.2, 0) is 28.8 Å². The molecule has 9 N–H and O–H groups in total. The normalized spacial score (nSPS) is 19.4. The number of hydrogen-bond acceptors (Lipinski definition) is 8. The van der Waals surface area contributed by atoms with Crippen molar-refractivity contribution in [2.75, 3.05) is 6.54 Å². The molecule has 0 radical (unpaired) electrons. The molecule has 31 heavy (non-hydrogen) atoms. The summed E-state index contributed by atoms with van der Waals surface area (Å²) in [6.07, 6.45) is -1.80. The summed E-state index contributed by atoms with van der Waals surface area (Å²) < 4.78 is 0. The van der Waals surface area contributed by atoms with E-state index in [1.807, 2.05) is 5.32 Å². The quantitative estimate of drug-likeness (QED) is 0.145. The Morgan fingerprint density at radius 2 is 1.58 bits per heavy atom. The maximum Gasteiger partial charge on any atom is 0.328 e. The Balaban J connectivity index is 2.94. The van der Waals surface area contributed by atoms with Crippen molar-refractivity contribution in [3.8, 4) is 0 Å². The minimum absolute atomic E-state index is 0.511. The zero-order valence-corrected chi connectivity index (χ0v) is 16.8. The molecular formula is C17H27N5O9. The number of nitrogens with two attached hydrogens (primary N) is 1. The Kier molecular flexibility index (Phi) is 9.82. The first-order valence-corrected chi connectivity index (χ1v) is 9.47. The van der Waals surface area contributed by atoms with Gasteiger partial charge in [-0.3, -0.25) is 24.0 Å². The summed E-state index contributed by atoms with van der Waals surface area (Å²) in [5, 5.41) is 36.8. The summed E-state index contributed by atoms with van der Waals surface area (Å²) in [7, 11) is 0. The smallest absolute Gasteiger partial charge is 0.328 e. The van der Waals surface area contributed by atoms with Gasteiger partial charge in [-0.25, -0.2) is 4.79 Å². The van der Waals surface area contributed by atoms with Crippen molar-refractivity contribution < 1.29 is 44.1 Å².